The van der Waals surface area contributed by atoms with E-state index >= 15 is 0 Å². The Morgan fingerprint density at radius 3 is 2.85 bits per heavy atom. The second-order valence-corrected chi connectivity index (χ2v) is 8.73. The van der Waals surface area contributed by atoms with Crippen molar-refractivity contribution in [1.82, 2.24) is 24.3 Å². The van der Waals surface area contributed by atoms with Crippen molar-refractivity contribution < 1.29 is 5.11 Å². The fourth-order valence-corrected chi connectivity index (χ4v) is 4.16. The number of pyridine rings is 1. The van der Waals surface area contributed by atoms with Crippen LogP contribution in [0.5, 0.6) is 0 Å². The van der Waals surface area contributed by atoms with Gasteiger partial charge in [0.05, 0.1) is 5.69 Å². The maximum atomic E-state index is 13.0. The number of aromatic nitrogens is 5. The average molecular weight is 446 g/mol. The molecule has 4 heterocycles. The Hall–Kier alpha value is -3.72. The molecule has 3 N–H and O–H groups in total. The molecule has 0 saturated heterocycles. The van der Waals surface area contributed by atoms with Gasteiger partial charge in [-0.15, -0.1) is 0 Å². The van der Waals surface area contributed by atoms with Gasteiger partial charge in [0.1, 0.15) is 11.0 Å². The minimum Gasteiger partial charge on any atom is -0.385 e. The number of benzene rings is 1. The van der Waals surface area contributed by atoms with Gasteiger partial charge in [-0.05, 0) is 63.4 Å². The maximum Gasteiger partial charge on any atom is 0.278 e. The van der Waals surface area contributed by atoms with Crippen LogP contribution in [0.25, 0.3) is 16.9 Å². The molecule has 0 unspecified atom stereocenters. The third kappa shape index (κ3) is 3.84. The molecule has 1 aliphatic rings. The number of anilines is 3. The number of nitrogens with zero attached hydrogens (tertiary/aromatic N) is 5. The Kier molecular flexibility index (Phi) is 5.13. The molecule has 0 atom stereocenters. The van der Waals surface area contributed by atoms with Crippen LogP contribution in [-0.4, -0.2) is 36.0 Å². The van der Waals surface area contributed by atoms with Crippen LogP contribution < -0.4 is 16.2 Å². The zero-order chi connectivity index (χ0) is 23.2. The largest absolute Gasteiger partial charge is 0.385 e. The quantitative estimate of drug-likeness (QED) is 0.432. The molecule has 5 rings (SSSR count). The molecule has 170 valence electrons. The first-order valence-electron chi connectivity index (χ1n) is 11.2. The number of aliphatic hydroxyl groups is 1. The summed E-state index contributed by atoms with van der Waals surface area (Å²) in [5.41, 5.74) is 2.95. The van der Waals surface area contributed by atoms with Gasteiger partial charge in [-0.25, -0.2) is 19.3 Å². The summed E-state index contributed by atoms with van der Waals surface area (Å²) in [7, 11) is 0. The average Bonchev–Trinajstić information content (AvgIpc) is 3.09. The molecule has 3 aromatic heterocycles. The summed E-state index contributed by atoms with van der Waals surface area (Å²) >= 11 is 0. The Labute approximate surface area is 191 Å². The van der Waals surface area contributed by atoms with Crippen LogP contribution >= 0.6 is 0 Å². The lowest BCUT2D eigenvalue weighted by atomic mass is 10.0. The molecule has 0 radical (unpaired) electrons. The van der Waals surface area contributed by atoms with E-state index in [0.29, 0.717) is 35.0 Å². The van der Waals surface area contributed by atoms with Gasteiger partial charge in [0, 0.05) is 30.7 Å². The van der Waals surface area contributed by atoms with Gasteiger partial charge in [-0.2, -0.15) is 4.98 Å². The monoisotopic (exact) mass is 445 g/mol. The minimum atomic E-state index is -1.11. The van der Waals surface area contributed by atoms with Gasteiger partial charge >= 0.3 is 0 Å². The maximum absolute atomic E-state index is 13.0. The predicted molar refractivity (Wildman–Crippen MR) is 128 cm³/mol. The number of aryl methyl sites for hydroxylation is 1. The minimum absolute atomic E-state index is 0.188. The van der Waals surface area contributed by atoms with Crippen LogP contribution in [0.3, 0.4) is 0 Å². The number of fused-ring (bicyclic) bond motifs is 2. The third-order valence-corrected chi connectivity index (χ3v) is 5.86. The first-order valence-corrected chi connectivity index (χ1v) is 11.2. The third-order valence-electron chi connectivity index (χ3n) is 5.86. The Morgan fingerprint density at radius 1 is 1.21 bits per heavy atom. The highest BCUT2D eigenvalue weighted by molar-refractivity contribution is 5.77. The van der Waals surface area contributed by atoms with Crippen molar-refractivity contribution in [2.45, 2.75) is 45.8 Å². The zero-order valence-corrected chi connectivity index (χ0v) is 19.0. The van der Waals surface area contributed by atoms with Crippen molar-refractivity contribution in [1.29, 1.82) is 0 Å². The van der Waals surface area contributed by atoms with Gasteiger partial charge in [-0.1, -0.05) is 12.1 Å². The summed E-state index contributed by atoms with van der Waals surface area (Å²) < 4.78 is 3.26. The van der Waals surface area contributed by atoms with Gasteiger partial charge < -0.3 is 15.7 Å². The molecule has 0 aliphatic carbocycles. The summed E-state index contributed by atoms with van der Waals surface area (Å²) in [4.78, 5) is 26.7. The SMILES string of the molecule is CCn1c(=O)c2cnc(Nc3ccc4c(c3)NCCC4)nc2n1-c1cccc(C(C)(C)O)n1. The number of rotatable bonds is 5. The first kappa shape index (κ1) is 21.1. The fraction of sp³-hybridized carbons (Fsp3) is 0.333. The molecule has 9 nitrogen and oxygen atoms in total. The van der Waals surface area contributed by atoms with Crippen molar-refractivity contribution in [3.63, 3.8) is 0 Å². The molecular weight excluding hydrogens is 418 g/mol. The Bertz CT molecular complexity index is 1400. The van der Waals surface area contributed by atoms with E-state index in [-0.39, 0.29) is 5.56 Å². The molecule has 0 bridgehead atoms. The molecule has 0 spiro atoms. The summed E-state index contributed by atoms with van der Waals surface area (Å²) in [5, 5.41) is 17.5. The van der Waals surface area contributed by atoms with Gasteiger partial charge in [-0.3, -0.25) is 4.79 Å². The summed E-state index contributed by atoms with van der Waals surface area (Å²) in [5.74, 6) is 0.894. The highest BCUT2D eigenvalue weighted by atomic mass is 16.3. The lowest BCUT2D eigenvalue weighted by Gasteiger charge is -2.19. The molecular formula is C24H27N7O2. The van der Waals surface area contributed by atoms with E-state index in [4.69, 9.17) is 0 Å². The van der Waals surface area contributed by atoms with Crippen molar-refractivity contribution in [2.75, 3.05) is 17.2 Å². The number of nitrogens with one attached hydrogen (secondary N) is 2. The molecule has 4 aromatic rings. The van der Waals surface area contributed by atoms with Crippen LogP contribution in [0.1, 0.15) is 38.4 Å². The molecule has 9 heteroatoms. The number of hydrogen-bond donors (Lipinski definition) is 3. The second kappa shape index (κ2) is 8.00. The summed E-state index contributed by atoms with van der Waals surface area (Å²) in [6.45, 7) is 6.65. The van der Waals surface area contributed by atoms with E-state index in [1.54, 1.807) is 41.5 Å². The Morgan fingerprint density at radius 2 is 2.06 bits per heavy atom. The van der Waals surface area contributed by atoms with Crippen molar-refractivity contribution in [3.05, 3.63) is 64.2 Å². The van der Waals surface area contributed by atoms with E-state index in [1.165, 1.54) is 5.56 Å². The van der Waals surface area contributed by atoms with Gasteiger partial charge in [0.25, 0.3) is 5.56 Å². The van der Waals surface area contributed by atoms with E-state index in [2.05, 4.69) is 37.7 Å². The van der Waals surface area contributed by atoms with Crippen LogP contribution in [0.15, 0.2) is 47.4 Å². The summed E-state index contributed by atoms with van der Waals surface area (Å²) in [6.07, 6.45) is 3.75. The highest BCUT2D eigenvalue weighted by Gasteiger charge is 2.21. The number of hydrogen-bond acceptors (Lipinski definition) is 7. The molecule has 0 fully saturated rings. The van der Waals surface area contributed by atoms with Crippen molar-refractivity contribution in [3.8, 4) is 5.82 Å². The molecule has 1 aromatic carbocycles. The Balaban J connectivity index is 1.60. The van der Waals surface area contributed by atoms with Gasteiger partial charge in [0.2, 0.25) is 5.95 Å². The van der Waals surface area contributed by atoms with E-state index < -0.39 is 5.60 Å². The zero-order valence-electron chi connectivity index (χ0n) is 19.0. The van der Waals surface area contributed by atoms with E-state index in [0.717, 1.165) is 30.8 Å². The smallest absolute Gasteiger partial charge is 0.278 e. The fourth-order valence-electron chi connectivity index (χ4n) is 4.16. The van der Waals surface area contributed by atoms with Crippen molar-refractivity contribution >= 4 is 28.4 Å². The molecule has 0 amide bonds. The predicted octanol–water partition coefficient (Wildman–Crippen LogP) is 3.33. The summed E-state index contributed by atoms with van der Waals surface area (Å²) in [6, 6.07) is 11.5. The second-order valence-electron chi connectivity index (χ2n) is 8.73. The molecule has 0 saturated carbocycles. The highest BCUT2D eigenvalue weighted by Crippen LogP contribution is 2.27. The first-order chi connectivity index (χ1) is 15.8. The standard InChI is InChI=1S/C24H27N7O2/c1-4-30-22(32)17-14-26-23(27-16-11-10-15-7-6-12-25-18(15)13-16)29-21(17)31(30)20-9-5-8-19(28-20)24(2,3)33/h5,8-11,13-14,25,33H,4,6-7,12H2,1-3H3,(H,26,27,29). The normalized spacial score (nSPS) is 13.6. The van der Waals surface area contributed by atoms with Crippen molar-refractivity contribution in [2.24, 2.45) is 0 Å². The van der Waals surface area contributed by atoms with Crippen LogP contribution in [0.4, 0.5) is 17.3 Å². The van der Waals surface area contributed by atoms with E-state index in [9.17, 15) is 9.90 Å². The topological polar surface area (TPSA) is 110 Å². The van der Waals surface area contributed by atoms with Crippen LogP contribution in [-0.2, 0) is 18.6 Å². The van der Waals surface area contributed by atoms with Gasteiger partial charge in [0.15, 0.2) is 11.5 Å². The molecule has 33 heavy (non-hydrogen) atoms. The molecule has 1 aliphatic heterocycles. The van der Waals surface area contributed by atoms with Crippen LogP contribution in [0.2, 0.25) is 0 Å². The van der Waals surface area contributed by atoms with E-state index in [1.807, 2.05) is 19.1 Å². The lowest BCUT2D eigenvalue weighted by Crippen LogP contribution is -2.23. The lowest BCUT2D eigenvalue weighted by molar-refractivity contribution is 0.0738. The van der Waals surface area contributed by atoms with Crippen LogP contribution in [0, 0.1) is 0 Å².